The number of phenols is 1. The molecule has 0 atom stereocenters. The number of benzene rings is 3. The lowest BCUT2D eigenvalue weighted by atomic mass is 10.1. The van der Waals surface area contributed by atoms with Crippen molar-refractivity contribution in [1.29, 1.82) is 0 Å². The average Bonchev–Trinajstić information content (AvgIpc) is 2.45. The molecule has 0 heterocycles. The van der Waals surface area contributed by atoms with Crippen LogP contribution in [0.4, 0.5) is 4.39 Å². The van der Waals surface area contributed by atoms with Gasteiger partial charge in [0, 0.05) is 15.2 Å². The standard InChI is InChI=1S/C16H11FOS/c17-11-5-7-12(8-6-11)19-16-10-9-15(18)13-3-1-2-4-14(13)16/h1-10,18H. The normalized spacial score (nSPS) is 10.8. The van der Waals surface area contributed by atoms with Crippen LogP contribution in [-0.4, -0.2) is 5.11 Å². The predicted octanol–water partition coefficient (Wildman–Crippen LogP) is 4.84. The second-order valence-electron chi connectivity index (χ2n) is 4.18. The number of fused-ring (bicyclic) bond motifs is 1. The highest BCUT2D eigenvalue weighted by molar-refractivity contribution is 7.99. The molecular weight excluding hydrogens is 259 g/mol. The third-order valence-electron chi connectivity index (χ3n) is 2.90. The summed E-state index contributed by atoms with van der Waals surface area (Å²) >= 11 is 1.56. The van der Waals surface area contributed by atoms with Crippen molar-refractivity contribution < 1.29 is 9.50 Å². The molecule has 1 N–H and O–H groups in total. The number of aromatic hydroxyl groups is 1. The van der Waals surface area contributed by atoms with Gasteiger partial charge >= 0.3 is 0 Å². The SMILES string of the molecule is Oc1ccc(Sc2ccc(F)cc2)c2ccccc12. The van der Waals surface area contributed by atoms with Gasteiger partial charge in [0.1, 0.15) is 11.6 Å². The Labute approximate surface area is 114 Å². The first-order valence-corrected chi connectivity index (χ1v) is 6.70. The molecule has 3 heteroatoms. The van der Waals surface area contributed by atoms with Gasteiger partial charge in [-0.05, 0) is 41.8 Å². The van der Waals surface area contributed by atoms with E-state index in [1.165, 1.54) is 12.1 Å². The summed E-state index contributed by atoms with van der Waals surface area (Å²) < 4.78 is 12.9. The molecule has 3 aromatic carbocycles. The number of hydrogen-bond acceptors (Lipinski definition) is 2. The molecule has 0 unspecified atom stereocenters. The van der Waals surface area contributed by atoms with E-state index in [9.17, 15) is 9.50 Å². The summed E-state index contributed by atoms with van der Waals surface area (Å²) in [6.07, 6.45) is 0. The van der Waals surface area contributed by atoms with E-state index in [0.29, 0.717) is 0 Å². The van der Waals surface area contributed by atoms with Crippen molar-refractivity contribution in [2.75, 3.05) is 0 Å². The minimum atomic E-state index is -0.236. The first-order chi connectivity index (χ1) is 9.24. The molecular formula is C16H11FOS. The van der Waals surface area contributed by atoms with Gasteiger partial charge in [-0.2, -0.15) is 0 Å². The van der Waals surface area contributed by atoms with Gasteiger partial charge < -0.3 is 5.11 Å². The molecule has 0 aliphatic carbocycles. The van der Waals surface area contributed by atoms with Crippen LogP contribution in [0.3, 0.4) is 0 Å². The van der Waals surface area contributed by atoms with Crippen molar-refractivity contribution in [2.45, 2.75) is 9.79 Å². The third kappa shape index (κ3) is 2.42. The van der Waals surface area contributed by atoms with Gasteiger partial charge in [0.2, 0.25) is 0 Å². The number of hydrogen-bond donors (Lipinski definition) is 1. The Hall–Kier alpha value is -2.00. The fourth-order valence-corrected chi connectivity index (χ4v) is 2.92. The van der Waals surface area contributed by atoms with E-state index < -0.39 is 0 Å². The molecule has 0 aliphatic rings. The van der Waals surface area contributed by atoms with E-state index in [0.717, 1.165) is 20.6 Å². The topological polar surface area (TPSA) is 20.2 Å². The highest BCUT2D eigenvalue weighted by Crippen LogP contribution is 2.36. The van der Waals surface area contributed by atoms with Crippen LogP contribution in [0.15, 0.2) is 70.5 Å². The Kier molecular flexibility index (Phi) is 3.13. The minimum Gasteiger partial charge on any atom is -0.507 e. The molecule has 0 aliphatic heterocycles. The van der Waals surface area contributed by atoms with Crippen molar-refractivity contribution >= 4 is 22.5 Å². The van der Waals surface area contributed by atoms with Gasteiger partial charge in [-0.15, -0.1) is 0 Å². The summed E-state index contributed by atoms with van der Waals surface area (Å²) in [5.74, 6) is 0.0407. The maximum absolute atomic E-state index is 12.9. The van der Waals surface area contributed by atoms with E-state index in [1.54, 1.807) is 30.0 Å². The second-order valence-corrected chi connectivity index (χ2v) is 5.30. The maximum atomic E-state index is 12.9. The molecule has 3 aromatic rings. The molecule has 3 rings (SSSR count). The zero-order valence-electron chi connectivity index (χ0n) is 10.0. The largest absolute Gasteiger partial charge is 0.507 e. The van der Waals surface area contributed by atoms with Crippen molar-refractivity contribution in [2.24, 2.45) is 0 Å². The fourth-order valence-electron chi connectivity index (χ4n) is 1.97. The molecule has 0 saturated carbocycles. The van der Waals surface area contributed by atoms with Crippen LogP contribution in [-0.2, 0) is 0 Å². The van der Waals surface area contributed by atoms with Crippen molar-refractivity contribution in [3.05, 3.63) is 66.5 Å². The lowest BCUT2D eigenvalue weighted by Gasteiger charge is -2.07. The van der Waals surface area contributed by atoms with Crippen molar-refractivity contribution in [3.8, 4) is 5.75 Å². The highest BCUT2D eigenvalue weighted by atomic mass is 32.2. The molecule has 0 spiro atoms. The smallest absolute Gasteiger partial charge is 0.123 e. The van der Waals surface area contributed by atoms with E-state index >= 15 is 0 Å². The van der Waals surface area contributed by atoms with Crippen LogP contribution in [0.25, 0.3) is 10.8 Å². The Bertz CT molecular complexity index is 722. The Balaban J connectivity index is 2.06. The monoisotopic (exact) mass is 270 g/mol. The van der Waals surface area contributed by atoms with Crippen LogP contribution >= 0.6 is 11.8 Å². The Morgan fingerprint density at radius 3 is 2.21 bits per heavy atom. The summed E-state index contributed by atoms with van der Waals surface area (Å²) in [5, 5.41) is 11.7. The van der Waals surface area contributed by atoms with E-state index in [1.807, 2.05) is 30.3 Å². The van der Waals surface area contributed by atoms with E-state index in [2.05, 4.69) is 0 Å². The summed E-state index contributed by atoms with van der Waals surface area (Å²) in [6.45, 7) is 0. The van der Waals surface area contributed by atoms with Gasteiger partial charge in [0.15, 0.2) is 0 Å². The molecule has 19 heavy (non-hydrogen) atoms. The molecule has 0 aromatic heterocycles. The van der Waals surface area contributed by atoms with E-state index in [-0.39, 0.29) is 11.6 Å². The molecule has 0 bridgehead atoms. The molecule has 0 amide bonds. The van der Waals surface area contributed by atoms with E-state index in [4.69, 9.17) is 0 Å². The quantitative estimate of drug-likeness (QED) is 0.719. The summed E-state index contributed by atoms with van der Waals surface area (Å²) in [4.78, 5) is 2.01. The minimum absolute atomic E-state index is 0.236. The van der Waals surface area contributed by atoms with Gasteiger partial charge in [0.25, 0.3) is 0 Å². The van der Waals surface area contributed by atoms with Crippen LogP contribution in [0.1, 0.15) is 0 Å². The average molecular weight is 270 g/mol. The first-order valence-electron chi connectivity index (χ1n) is 5.88. The summed E-state index contributed by atoms with van der Waals surface area (Å²) in [7, 11) is 0. The van der Waals surface area contributed by atoms with Gasteiger partial charge in [-0.1, -0.05) is 36.0 Å². The first kappa shape index (κ1) is 12.1. The number of halogens is 1. The van der Waals surface area contributed by atoms with Gasteiger partial charge in [-0.25, -0.2) is 4.39 Å². The lowest BCUT2D eigenvalue weighted by molar-refractivity contribution is 0.481. The second kappa shape index (κ2) is 4.94. The van der Waals surface area contributed by atoms with Gasteiger partial charge in [-0.3, -0.25) is 0 Å². The number of rotatable bonds is 2. The Morgan fingerprint density at radius 2 is 1.47 bits per heavy atom. The predicted molar refractivity (Wildman–Crippen MR) is 76.1 cm³/mol. The van der Waals surface area contributed by atoms with Crippen LogP contribution in [0.2, 0.25) is 0 Å². The molecule has 0 fully saturated rings. The molecule has 0 saturated heterocycles. The summed E-state index contributed by atoms with van der Waals surface area (Å²) in [5.41, 5.74) is 0. The molecule has 1 nitrogen and oxygen atoms in total. The zero-order valence-corrected chi connectivity index (χ0v) is 10.8. The highest BCUT2D eigenvalue weighted by Gasteiger charge is 2.06. The lowest BCUT2D eigenvalue weighted by Crippen LogP contribution is -1.80. The van der Waals surface area contributed by atoms with Crippen LogP contribution in [0.5, 0.6) is 5.75 Å². The van der Waals surface area contributed by atoms with Crippen molar-refractivity contribution in [1.82, 2.24) is 0 Å². The zero-order chi connectivity index (χ0) is 13.2. The van der Waals surface area contributed by atoms with Gasteiger partial charge in [0.05, 0.1) is 0 Å². The fraction of sp³-hybridized carbons (Fsp3) is 0. The maximum Gasteiger partial charge on any atom is 0.123 e. The Morgan fingerprint density at radius 1 is 0.789 bits per heavy atom. The van der Waals surface area contributed by atoms with Crippen molar-refractivity contribution in [3.63, 3.8) is 0 Å². The number of phenolic OH excluding ortho intramolecular Hbond substituents is 1. The molecule has 94 valence electrons. The van der Waals surface area contributed by atoms with Crippen LogP contribution < -0.4 is 0 Å². The molecule has 0 radical (unpaired) electrons. The third-order valence-corrected chi connectivity index (χ3v) is 3.99. The summed E-state index contributed by atoms with van der Waals surface area (Å²) in [6, 6.07) is 17.7. The van der Waals surface area contributed by atoms with Crippen LogP contribution in [0, 0.1) is 5.82 Å².